The molecule has 0 fully saturated rings. The third-order valence-corrected chi connectivity index (χ3v) is 11.4. The van der Waals surface area contributed by atoms with Crippen molar-refractivity contribution in [3.63, 3.8) is 0 Å². The lowest BCUT2D eigenvalue weighted by atomic mass is 9.82. The van der Waals surface area contributed by atoms with E-state index in [1.165, 1.54) is 96.6 Å². The highest BCUT2D eigenvalue weighted by Crippen LogP contribution is 2.50. The van der Waals surface area contributed by atoms with Gasteiger partial charge in [0.2, 0.25) is 0 Å². The van der Waals surface area contributed by atoms with E-state index in [9.17, 15) is 0 Å². The van der Waals surface area contributed by atoms with Crippen molar-refractivity contribution in [3.8, 4) is 33.4 Å². The van der Waals surface area contributed by atoms with Gasteiger partial charge in [-0.2, -0.15) is 0 Å². The molecule has 2 aromatic heterocycles. The minimum atomic E-state index is 0.940. The average Bonchev–Trinajstić information content (AvgIpc) is 3.72. The first-order valence-electron chi connectivity index (χ1n) is 16.4. The monoisotopic (exact) mass is 626 g/mol. The molecule has 0 atom stereocenters. The first-order valence-corrected chi connectivity index (χ1v) is 17.2. The molecule has 222 valence electrons. The molecule has 0 bridgehead atoms. The Balaban J connectivity index is 1.24. The van der Waals surface area contributed by atoms with Crippen LogP contribution in [0, 0.1) is 0 Å². The molecule has 0 unspecified atom stereocenters. The van der Waals surface area contributed by atoms with E-state index in [1.807, 2.05) is 11.3 Å². The van der Waals surface area contributed by atoms with Crippen LogP contribution in [0.4, 0.5) is 0 Å². The van der Waals surface area contributed by atoms with Gasteiger partial charge < -0.3 is 4.42 Å². The Bertz CT molecular complexity index is 3010. The quantitative estimate of drug-likeness (QED) is 0.140. The van der Waals surface area contributed by atoms with Gasteiger partial charge in [0.25, 0.3) is 0 Å². The molecular formula is C46H26OS. The lowest BCUT2D eigenvalue weighted by Gasteiger charge is -2.20. The van der Waals surface area contributed by atoms with Gasteiger partial charge in [-0.25, -0.2) is 0 Å². The van der Waals surface area contributed by atoms with Crippen molar-refractivity contribution in [3.05, 3.63) is 158 Å². The number of furan rings is 1. The smallest absolute Gasteiger partial charge is 0.136 e. The molecule has 0 aliphatic carbocycles. The van der Waals surface area contributed by atoms with Crippen LogP contribution >= 0.6 is 11.3 Å². The standard InChI is InChI=1S/C46H26OS/c1-2-14-31(29(12-1)27-23-24-42-37(25-27)30-13-7-8-22-41(30)48-42)44-32-15-3-5-17-34(32)45(35-18-6-4-16-33(35)44)38-26-28-11-9-20-39-43(28)46-36(38)19-10-21-40(46)47-39/h1-26H. The van der Waals surface area contributed by atoms with Gasteiger partial charge in [0.15, 0.2) is 0 Å². The van der Waals surface area contributed by atoms with Crippen molar-refractivity contribution >= 4 is 85.8 Å². The van der Waals surface area contributed by atoms with E-state index in [-0.39, 0.29) is 0 Å². The summed E-state index contributed by atoms with van der Waals surface area (Å²) in [5, 5.41) is 12.5. The second-order valence-electron chi connectivity index (χ2n) is 12.8. The summed E-state index contributed by atoms with van der Waals surface area (Å²) < 4.78 is 9.01. The molecule has 0 N–H and O–H groups in total. The molecule has 11 rings (SSSR count). The second-order valence-corrected chi connectivity index (χ2v) is 13.8. The zero-order valence-corrected chi connectivity index (χ0v) is 26.6. The van der Waals surface area contributed by atoms with E-state index in [0.29, 0.717) is 0 Å². The van der Waals surface area contributed by atoms with Gasteiger partial charge in [0, 0.05) is 30.9 Å². The first-order chi connectivity index (χ1) is 23.8. The minimum absolute atomic E-state index is 0.940. The average molecular weight is 627 g/mol. The van der Waals surface area contributed by atoms with E-state index in [1.54, 1.807) is 0 Å². The maximum atomic E-state index is 6.36. The summed E-state index contributed by atoms with van der Waals surface area (Å²) in [4.78, 5) is 0. The molecule has 11 aromatic rings. The van der Waals surface area contributed by atoms with E-state index >= 15 is 0 Å². The largest absolute Gasteiger partial charge is 0.456 e. The molecule has 0 aliphatic heterocycles. The molecule has 0 spiro atoms. The summed E-state index contributed by atoms with van der Waals surface area (Å²) in [6.45, 7) is 0. The summed E-state index contributed by atoms with van der Waals surface area (Å²) in [6, 6.07) is 57.9. The van der Waals surface area contributed by atoms with Crippen LogP contribution in [-0.4, -0.2) is 0 Å². The van der Waals surface area contributed by atoms with Crippen molar-refractivity contribution in [2.75, 3.05) is 0 Å². The van der Waals surface area contributed by atoms with Gasteiger partial charge >= 0.3 is 0 Å². The highest BCUT2D eigenvalue weighted by atomic mass is 32.1. The Morgan fingerprint density at radius 2 is 0.917 bits per heavy atom. The van der Waals surface area contributed by atoms with E-state index in [2.05, 4.69) is 158 Å². The maximum absolute atomic E-state index is 6.36. The lowest BCUT2D eigenvalue weighted by Crippen LogP contribution is -1.93. The summed E-state index contributed by atoms with van der Waals surface area (Å²) in [6.07, 6.45) is 0. The highest BCUT2D eigenvalue weighted by Gasteiger charge is 2.22. The summed E-state index contributed by atoms with van der Waals surface area (Å²) in [7, 11) is 0. The van der Waals surface area contributed by atoms with Crippen molar-refractivity contribution in [2.24, 2.45) is 0 Å². The topological polar surface area (TPSA) is 13.1 Å². The van der Waals surface area contributed by atoms with Crippen LogP contribution in [0.1, 0.15) is 0 Å². The van der Waals surface area contributed by atoms with Crippen molar-refractivity contribution in [1.82, 2.24) is 0 Å². The minimum Gasteiger partial charge on any atom is -0.456 e. The Labute approximate surface area is 280 Å². The number of fused-ring (bicyclic) bond motifs is 5. The second kappa shape index (κ2) is 9.78. The Morgan fingerprint density at radius 1 is 0.354 bits per heavy atom. The number of hydrogen-bond acceptors (Lipinski definition) is 2. The third-order valence-electron chi connectivity index (χ3n) is 10.2. The molecule has 0 amide bonds. The zero-order chi connectivity index (χ0) is 31.3. The van der Waals surface area contributed by atoms with Crippen molar-refractivity contribution < 1.29 is 4.42 Å². The Hall–Kier alpha value is -5.96. The van der Waals surface area contributed by atoms with Crippen LogP contribution in [0.3, 0.4) is 0 Å². The number of thiophene rings is 1. The van der Waals surface area contributed by atoms with Crippen LogP contribution in [0.25, 0.3) is 108 Å². The van der Waals surface area contributed by atoms with Crippen LogP contribution < -0.4 is 0 Å². The van der Waals surface area contributed by atoms with Crippen LogP contribution in [-0.2, 0) is 0 Å². The molecule has 2 heterocycles. The summed E-state index contributed by atoms with van der Waals surface area (Å²) in [5.74, 6) is 0. The van der Waals surface area contributed by atoms with Crippen LogP contribution in [0.5, 0.6) is 0 Å². The SMILES string of the molecule is c1ccc(-c2c3ccccc3c(-c3cc4cccc5oc6cccc3c6c45)c3ccccc23)c(-c2ccc3sc4ccccc4c3c2)c1. The first kappa shape index (κ1) is 26.1. The zero-order valence-electron chi connectivity index (χ0n) is 25.8. The van der Waals surface area contributed by atoms with E-state index < -0.39 is 0 Å². The molecule has 48 heavy (non-hydrogen) atoms. The van der Waals surface area contributed by atoms with Gasteiger partial charge in [-0.3, -0.25) is 0 Å². The predicted molar refractivity (Wildman–Crippen MR) is 207 cm³/mol. The molecular weight excluding hydrogens is 601 g/mol. The molecule has 1 nitrogen and oxygen atoms in total. The van der Waals surface area contributed by atoms with Gasteiger partial charge in [0.05, 0.1) is 0 Å². The van der Waals surface area contributed by atoms with Gasteiger partial charge in [-0.05, 0) is 102 Å². The van der Waals surface area contributed by atoms with Gasteiger partial charge in [-0.1, -0.05) is 121 Å². The van der Waals surface area contributed by atoms with Crippen molar-refractivity contribution in [1.29, 1.82) is 0 Å². The Morgan fingerprint density at radius 3 is 1.67 bits per heavy atom. The molecule has 0 saturated carbocycles. The van der Waals surface area contributed by atoms with E-state index in [0.717, 1.165) is 11.2 Å². The fraction of sp³-hybridized carbons (Fsp3) is 0. The molecule has 9 aromatic carbocycles. The van der Waals surface area contributed by atoms with Crippen molar-refractivity contribution in [2.45, 2.75) is 0 Å². The normalized spacial score (nSPS) is 12.2. The Kier molecular flexibility index (Phi) is 5.32. The predicted octanol–water partition coefficient (Wildman–Crippen LogP) is 13.9. The van der Waals surface area contributed by atoms with Crippen LogP contribution in [0.15, 0.2) is 162 Å². The fourth-order valence-electron chi connectivity index (χ4n) is 8.23. The maximum Gasteiger partial charge on any atom is 0.136 e. The highest BCUT2D eigenvalue weighted by molar-refractivity contribution is 7.25. The van der Waals surface area contributed by atoms with Crippen LogP contribution in [0.2, 0.25) is 0 Å². The lowest BCUT2D eigenvalue weighted by molar-refractivity contribution is 0.669. The van der Waals surface area contributed by atoms with Gasteiger partial charge in [-0.15, -0.1) is 11.3 Å². The molecule has 0 saturated heterocycles. The molecule has 0 aliphatic rings. The molecule has 2 heteroatoms. The fourth-order valence-corrected chi connectivity index (χ4v) is 9.32. The summed E-state index contributed by atoms with van der Waals surface area (Å²) in [5.41, 5.74) is 9.40. The number of rotatable bonds is 3. The van der Waals surface area contributed by atoms with E-state index in [4.69, 9.17) is 4.42 Å². The van der Waals surface area contributed by atoms with Gasteiger partial charge in [0.1, 0.15) is 11.2 Å². The summed E-state index contributed by atoms with van der Waals surface area (Å²) >= 11 is 1.87. The molecule has 0 radical (unpaired) electrons. The number of hydrogen-bond donors (Lipinski definition) is 0. The third kappa shape index (κ3) is 3.55. The number of benzene rings is 9.